The summed E-state index contributed by atoms with van der Waals surface area (Å²) in [5, 5.41) is 0. The molecular formula is C64H126. The molecule has 0 saturated heterocycles. The first-order chi connectivity index (χ1) is 30.9. The lowest BCUT2D eigenvalue weighted by atomic mass is 9.59. The van der Waals surface area contributed by atoms with E-state index in [9.17, 15) is 0 Å². The lowest BCUT2D eigenvalue weighted by Gasteiger charge is -2.47. The minimum absolute atomic E-state index is 0.132. The smallest absolute Gasteiger partial charge is 0.0294 e. The van der Waals surface area contributed by atoms with Crippen molar-refractivity contribution in [2.24, 2.45) is 74.4 Å². The molecule has 0 amide bonds. The summed E-state index contributed by atoms with van der Waals surface area (Å²) in [6, 6.07) is 0. The van der Waals surface area contributed by atoms with Crippen molar-refractivity contribution in [3.05, 3.63) is 0 Å². The summed E-state index contributed by atoms with van der Waals surface area (Å²) in [4.78, 5) is 0. The first-order valence-corrected chi connectivity index (χ1v) is 29.4. The minimum Gasteiger partial charge on any atom is -0.0651 e. The monoisotopic (exact) mass is 898 g/mol. The van der Waals surface area contributed by atoms with Gasteiger partial charge < -0.3 is 0 Å². The summed E-state index contributed by atoms with van der Waals surface area (Å²) >= 11 is 0. The van der Waals surface area contributed by atoms with Crippen LogP contribution in [0.25, 0.3) is 0 Å². The Balaban J connectivity index is 0.000000277. The molecule has 0 heterocycles. The van der Waals surface area contributed by atoms with Crippen LogP contribution in [0.15, 0.2) is 0 Å². The quantitative estimate of drug-likeness (QED) is 0.259. The minimum atomic E-state index is -1.00. The molecule has 3 spiro atoms. The molecule has 382 valence electrons. The second kappa shape index (κ2) is 30.6. The van der Waals surface area contributed by atoms with Crippen LogP contribution in [0, 0.1) is 74.4 Å². The summed E-state index contributed by atoms with van der Waals surface area (Å²) in [6.07, 6.45) is 50.9. The largest absolute Gasteiger partial charge is 0.0651 e. The van der Waals surface area contributed by atoms with Gasteiger partial charge in [-0.1, -0.05) is 233 Å². The van der Waals surface area contributed by atoms with Crippen LogP contribution in [0.4, 0.5) is 0 Å². The number of hydrogen-bond donors (Lipinski definition) is 0. The molecule has 64 heavy (non-hydrogen) atoms. The molecule has 0 N–H and O–H groups in total. The summed E-state index contributed by atoms with van der Waals surface area (Å²) in [7, 11) is 0. The molecule has 0 aromatic carbocycles. The highest BCUT2D eigenvalue weighted by atomic mass is 14.5. The van der Waals surface area contributed by atoms with Gasteiger partial charge in [-0.3, -0.25) is 0 Å². The Morgan fingerprint density at radius 1 is 0.406 bits per heavy atom. The normalized spacial score (nSPS) is 29.1. The Morgan fingerprint density at radius 3 is 0.969 bits per heavy atom. The van der Waals surface area contributed by atoms with Crippen LogP contribution in [0.3, 0.4) is 0 Å². The molecule has 0 radical (unpaired) electrons. The van der Waals surface area contributed by atoms with Crippen LogP contribution in [0.5, 0.6) is 0 Å². The van der Waals surface area contributed by atoms with Crippen LogP contribution < -0.4 is 0 Å². The van der Waals surface area contributed by atoms with Crippen molar-refractivity contribution in [3.8, 4) is 0 Å². The van der Waals surface area contributed by atoms with Gasteiger partial charge in [-0.25, -0.2) is 0 Å². The second-order valence-corrected chi connectivity index (χ2v) is 28.3. The summed E-state index contributed by atoms with van der Waals surface area (Å²) in [5.74, 6) is 6.22. The lowest BCUT2D eigenvalue weighted by molar-refractivity contribution is 0.0511. The van der Waals surface area contributed by atoms with Gasteiger partial charge in [0.1, 0.15) is 0 Å². The Hall–Kier alpha value is 0. The van der Waals surface area contributed by atoms with E-state index in [4.69, 9.17) is 4.11 Å². The molecule has 0 aliphatic heterocycles. The zero-order valence-corrected chi connectivity index (χ0v) is 47.6. The van der Waals surface area contributed by atoms with Crippen LogP contribution in [0.1, 0.15) is 340 Å². The van der Waals surface area contributed by atoms with Crippen molar-refractivity contribution in [3.63, 3.8) is 0 Å². The summed E-state index contributed by atoms with van der Waals surface area (Å²) in [5.41, 5.74) is 3.63. The Labute approximate surface area is 412 Å². The first kappa shape index (κ1) is 54.9. The van der Waals surface area contributed by atoms with E-state index in [0.29, 0.717) is 10.8 Å². The molecule has 0 aromatic heterocycles. The molecule has 8 saturated carbocycles. The van der Waals surface area contributed by atoms with Gasteiger partial charge in [0, 0.05) is 4.11 Å². The highest BCUT2D eigenvalue weighted by molar-refractivity contribution is 4.92. The third kappa shape index (κ3) is 26.7. The molecule has 0 bridgehead atoms. The van der Waals surface area contributed by atoms with Crippen LogP contribution in [0.2, 0.25) is 0 Å². The Kier molecular flexibility index (Phi) is 26.2. The predicted molar refractivity (Wildman–Crippen MR) is 292 cm³/mol. The fourth-order valence-corrected chi connectivity index (χ4v) is 12.9. The molecule has 0 atom stereocenters. The zero-order valence-electron chi connectivity index (χ0n) is 50.6. The van der Waals surface area contributed by atoms with E-state index >= 15 is 0 Å². The number of hydrogen-bond acceptors (Lipinski definition) is 0. The van der Waals surface area contributed by atoms with E-state index in [0.717, 1.165) is 51.8 Å². The average Bonchev–Trinajstić information content (AvgIpc) is 3.71. The van der Waals surface area contributed by atoms with Crippen LogP contribution in [-0.2, 0) is 0 Å². The van der Waals surface area contributed by atoms with E-state index < -0.39 is 6.37 Å². The predicted octanol–water partition coefficient (Wildman–Crippen LogP) is 22.8. The molecule has 0 heteroatoms. The van der Waals surface area contributed by atoms with Gasteiger partial charge >= 0.3 is 0 Å². The topological polar surface area (TPSA) is 0 Å². The molecule has 8 aliphatic carbocycles. The highest BCUT2D eigenvalue weighted by Gasteiger charge is 2.40. The Morgan fingerprint density at radius 2 is 0.656 bits per heavy atom. The maximum atomic E-state index is 7.05. The van der Waals surface area contributed by atoms with Gasteiger partial charge in [-0.05, 0) is 177 Å². The molecule has 8 fully saturated rings. The summed E-state index contributed by atoms with van der Waals surface area (Å²) in [6.45, 7) is 34.3. The Bertz CT molecular complexity index is 1170. The van der Waals surface area contributed by atoms with E-state index in [1.807, 2.05) is 34.6 Å². The van der Waals surface area contributed by atoms with Crippen molar-refractivity contribution < 1.29 is 4.11 Å². The van der Waals surface area contributed by atoms with E-state index in [2.05, 4.69) is 69.2 Å². The lowest BCUT2D eigenvalue weighted by Crippen LogP contribution is -2.34. The van der Waals surface area contributed by atoms with Crippen LogP contribution in [-0.4, -0.2) is 0 Å². The zero-order chi connectivity index (χ0) is 50.6. The SMILES string of the molecule is CC(C)(C)C.CC1CCC(C2CCCCC2)CC1.CC1CCC2(CC1)CCC(C)(C)CC2.CC1CCC2(CCCC2)CC1.CC1CCC2(CCCCC2)CC1.[2H]C(C)(C)C.[2H]C([2H])(C)C(C)C. The average molecular weight is 899 g/mol. The molecule has 0 aromatic rings. The van der Waals surface area contributed by atoms with Gasteiger partial charge in [-0.15, -0.1) is 0 Å². The van der Waals surface area contributed by atoms with Crippen LogP contribution >= 0.6 is 0 Å². The van der Waals surface area contributed by atoms with E-state index in [1.165, 1.54) is 141 Å². The fourth-order valence-electron chi connectivity index (χ4n) is 12.9. The van der Waals surface area contributed by atoms with Crippen molar-refractivity contribution in [2.45, 2.75) is 335 Å². The standard InChI is InChI=1S/C14H26.C13H24.C12H22.C11H20.2C5H12.C4H10/c1-12-4-6-14(7-5-12)10-8-13(2,3)9-11-14;1-11-7-9-13(10-8-11)12-5-3-2-4-6-12;1-11-5-9-12(10-6-11)7-3-2-4-8-12;1-10-4-8-11(9-5-10)6-2-3-7-11;1-5(2,3)4;1-4-5(2)3;1-4(2)3/h12H,4-11H2,1-3H3;11-13H,2-10H2,1H3;11H,2-10H2,1H3;10H,2-9H2,1H3;1-4H3;5H,4H2,1-3H3;4H,1-3H3/i;;;;;4D2;4D. The van der Waals surface area contributed by atoms with Crippen molar-refractivity contribution in [2.75, 3.05) is 0 Å². The van der Waals surface area contributed by atoms with Gasteiger partial charge in [0.05, 0.1) is 0 Å². The van der Waals surface area contributed by atoms with Crippen molar-refractivity contribution in [1.29, 1.82) is 0 Å². The maximum Gasteiger partial charge on any atom is 0.0294 e. The van der Waals surface area contributed by atoms with Gasteiger partial charge in [-0.2, -0.15) is 0 Å². The maximum absolute atomic E-state index is 7.05. The first-order valence-electron chi connectivity index (χ1n) is 30.9. The molecule has 0 unspecified atom stereocenters. The third-order valence-electron chi connectivity index (χ3n) is 18.2. The van der Waals surface area contributed by atoms with Gasteiger partial charge in [0.25, 0.3) is 0 Å². The highest BCUT2D eigenvalue weighted by Crippen LogP contribution is 2.53. The fraction of sp³-hybridized carbons (Fsp3) is 1.00. The van der Waals surface area contributed by atoms with Gasteiger partial charge in [0.15, 0.2) is 0 Å². The van der Waals surface area contributed by atoms with E-state index in [-0.39, 0.29) is 11.8 Å². The van der Waals surface area contributed by atoms with E-state index in [1.54, 1.807) is 84.0 Å². The van der Waals surface area contributed by atoms with Gasteiger partial charge in [0.2, 0.25) is 0 Å². The second-order valence-electron chi connectivity index (χ2n) is 28.3. The molecule has 8 aliphatic rings. The molecule has 8 rings (SSSR count). The molecule has 0 nitrogen and oxygen atoms in total. The summed E-state index contributed by atoms with van der Waals surface area (Å²) < 4.78 is 21.0. The number of rotatable bonds is 2. The molecular weight excluding hydrogens is 769 g/mol. The third-order valence-corrected chi connectivity index (χ3v) is 18.2. The van der Waals surface area contributed by atoms with Crippen molar-refractivity contribution >= 4 is 0 Å². The van der Waals surface area contributed by atoms with Crippen molar-refractivity contribution in [1.82, 2.24) is 0 Å².